The molecule has 0 unspecified atom stereocenters. The fourth-order valence-corrected chi connectivity index (χ4v) is 1.94. The predicted octanol–water partition coefficient (Wildman–Crippen LogP) is 2.12. The van der Waals surface area contributed by atoms with Crippen molar-refractivity contribution in [3.63, 3.8) is 0 Å². The molecule has 1 amide bonds. The first kappa shape index (κ1) is 14.1. The van der Waals surface area contributed by atoms with Crippen molar-refractivity contribution in [2.45, 2.75) is 20.1 Å². The third-order valence-electron chi connectivity index (χ3n) is 3.11. The van der Waals surface area contributed by atoms with E-state index in [2.05, 4.69) is 5.32 Å². The van der Waals surface area contributed by atoms with Gasteiger partial charge in [-0.2, -0.15) is 0 Å². The van der Waals surface area contributed by atoms with E-state index in [0.29, 0.717) is 12.1 Å². The lowest BCUT2D eigenvalue weighted by molar-refractivity contribution is 0.0950. The summed E-state index contributed by atoms with van der Waals surface area (Å²) in [6, 6.07) is 12.1. The highest BCUT2D eigenvalue weighted by molar-refractivity contribution is 5.95. The summed E-state index contributed by atoms with van der Waals surface area (Å²) in [5.41, 5.74) is 3.09. The number of carbonyl (C=O) groups excluding carboxylic acids is 1. The molecule has 0 fully saturated rings. The summed E-state index contributed by atoms with van der Waals surface area (Å²) in [7, 11) is 0. The summed E-state index contributed by atoms with van der Waals surface area (Å²) in [6.45, 7) is 2.22. The number of aliphatic hydroxyl groups excluding tert-OH is 1. The normalized spacial score (nSPS) is 10.3. The predicted molar refractivity (Wildman–Crippen MR) is 76.4 cm³/mol. The summed E-state index contributed by atoms with van der Waals surface area (Å²) in [5.74, 6) is -0.0209. The Bertz CT molecular complexity index is 606. The van der Waals surface area contributed by atoms with Crippen molar-refractivity contribution in [2.75, 3.05) is 0 Å². The Balaban J connectivity index is 2.00. The molecule has 0 bridgehead atoms. The molecule has 4 nitrogen and oxygen atoms in total. The molecular weight excluding hydrogens is 254 g/mol. The van der Waals surface area contributed by atoms with E-state index in [-0.39, 0.29) is 18.3 Å². The number of hydrogen-bond donors (Lipinski definition) is 3. The van der Waals surface area contributed by atoms with E-state index in [1.165, 1.54) is 6.07 Å². The molecule has 3 N–H and O–H groups in total. The zero-order chi connectivity index (χ0) is 14.5. The number of phenols is 1. The van der Waals surface area contributed by atoms with E-state index >= 15 is 0 Å². The van der Waals surface area contributed by atoms with Crippen molar-refractivity contribution in [3.05, 3.63) is 64.7 Å². The molecule has 0 spiro atoms. The summed E-state index contributed by atoms with van der Waals surface area (Å²) < 4.78 is 0. The zero-order valence-electron chi connectivity index (χ0n) is 11.3. The molecule has 20 heavy (non-hydrogen) atoms. The van der Waals surface area contributed by atoms with Gasteiger partial charge in [0.05, 0.1) is 6.61 Å². The maximum Gasteiger partial charge on any atom is 0.251 e. The first-order valence-electron chi connectivity index (χ1n) is 6.36. The molecule has 0 aliphatic rings. The second kappa shape index (κ2) is 6.21. The standard InChI is InChI=1S/C16H17NO3/c1-11-8-14(19)6-7-15(11)16(20)17-9-12-2-4-13(10-18)5-3-12/h2-8,18-19H,9-10H2,1H3,(H,17,20). The number of benzene rings is 2. The second-order valence-corrected chi connectivity index (χ2v) is 4.66. The minimum absolute atomic E-state index is 0.0132. The number of phenolic OH excluding ortho intramolecular Hbond substituents is 1. The van der Waals surface area contributed by atoms with Crippen LogP contribution in [0.4, 0.5) is 0 Å². The first-order chi connectivity index (χ1) is 9.60. The topological polar surface area (TPSA) is 69.6 Å². The Morgan fingerprint density at radius 3 is 2.35 bits per heavy atom. The molecule has 0 aliphatic carbocycles. The van der Waals surface area contributed by atoms with Crippen molar-refractivity contribution in [2.24, 2.45) is 0 Å². The van der Waals surface area contributed by atoms with Crippen LogP contribution in [0, 0.1) is 6.92 Å². The third-order valence-corrected chi connectivity index (χ3v) is 3.11. The van der Waals surface area contributed by atoms with Crippen LogP contribution in [0.2, 0.25) is 0 Å². The van der Waals surface area contributed by atoms with Gasteiger partial charge in [-0.25, -0.2) is 0 Å². The average Bonchev–Trinajstić information content (AvgIpc) is 2.45. The van der Waals surface area contributed by atoms with Crippen LogP contribution in [0.5, 0.6) is 5.75 Å². The van der Waals surface area contributed by atoms with E-state index in [1.807, 2.05) is 24.3 Å². The van der Waals surface area contributed by atoms with Crippen LogP contribution in [0.25, 0.3) is 0 Å². The van der Waals surface area contributed by atoms with Crippen LogP contribution < -0.4 is 5.32 Å². The number of amides is 1. The van der Waals surface area contributed by atoms with Gasteiger partial charge in [-0.05, 0) is 41.8 Å². The summed E-state index contributed by atoms with van der Waals surface area (Å²) in [5, 5.41) is 21.1. The smallest absolute Gasteiger partial charge is 0.251 e. The molecule has 2 aromatic carbocycles. The highest BCUT2D eigenvalue weighted by Gasteiger charge is 2.08. The van der Waals surface area contributed by atoms with E-state index in [0.717, 1.165) is 16.7 Å². The molecule has 104 valence electrons. The molecule has 2 rings (SSSR count). The molecule has 0 heterocycles. The third kappa shape index (κ3) is 3.36. The molecule has 0 atom stereocenters. The number of aromatic hydroxyl groups is 1. The van der Waals surface area contributed by atoms with Gasteiger partial charge in [0.15, 0.2) is 0 Å². The summed E-state index contributed by atoms with van der Waals surface area (Å²) in [6.07, 6.45) is 0. The second-order valence-electron chi connectivity index (χ2n) is 4.66. The Labute approximate surface area is 117 Å². The van der Waals surface area contributed by atoms with Crippen LogP contribution in [-0.2, 0) is 13.2 Å². The SMILES string of the molecule is Cc1cc(O)ccc1C(=O)NCc1ccc(CO)cc1. The fourth-order valence-electron chi connectivity index (χ4n) is 1.94. The Hall–Kier alpha value is -2.33. The van der Waals surface area contributed by atoms with Gasteiger partial charge >= 0.3 is 0 Å². The van der Waals surface area contributed by atoms with Crippen LogP contribution in [-0.4, -0.2) is 16.1 Å². The molecule has 0 radical (unpaired) electrons. The highest BCUT2D eigenvalue weighted by Crippen LogP contribution is 2.15. The maximum atomic E-state index is 12.0. The average molecular weight is 271 g/mol. The summed E-state index contributed by atoms with van der Waals surface area (Å²) in [4.78, 5) is 12.0. The van der Waals surface area contributed by atoms with Crippen LogP contribution in [0.1, 0.15) is 27.0 Å². The van der Waals surface area contributed by atoms with Crippen LogP contribution in [0.3, 0.4) is 0 Å². The zero-order valence-corrected chi connectivity index (χ0v) is 11.3. The maximum absolute atomic E-state index is 12.0. The van der Waals surface area contributed by atoms with Crippen molar-refractivity contribution in [1.82, 2.24) is 5.32 Å². The lowest BCUT2D eigenvalue weighted by Gasteiger charge is -2.08. The number of nitrogens with one attached hydrogen (secondary N) is 1. The lowest BCUT2D eigenvalue weighted by Crippen LogP contribution is -2.23. The quantitative estimate of drug-likeness (QED) is 0.797. The van der Waals surface area contributed by atoms with Crippen LogP contribution >= 0.6 is 0 Å². The van der Waals surface area contributed by atoms with Crippen molar-refractivity contribution in [1.29, 1.82) is 0 Å². The van der Waals surface area contributed by atoms with Crippen molar-refractivity contribution >= 4 is 5.91 Å². The van der Waals surface area contributed by atoms with E-state index in [4.69, 9.17) is 5.11 Å². The Kier molecular flexibility index (Phi) is 4.38. The number of hydrogen-bond acceptors (Lipinski definition) is 3. The molecule has 0 saturated carbocycles. The van der Waals surface area contributed by atoms with E-state index in [9.17, 15) is 9.90 Å². The van der Waals surface area contributed by atoms with Gasteiger partial charge in [0, 0.05) is 12.1 Å². The molecule has 0 saturated heterocycles. The van der Waals surface area contributed by atoms with Gasteiger partial charge < -0.3 is 15.5 Å². The number of aliphatic hydroxyl groups is 1. The van der Waals surface area contributed by atoms with E-state index < -0.39 is 0 Å². The number of rotatable bonds is 4. The minimum atomic E-state index is -0.172. The van der Waals surface area contributed by atoms with Gasteiger partial charge in [-0.1, -0.05) is 24.3 Å². The highest BCUT2D eigenvalue weighted by atomic mass is 16.3. The largest absolute Gasteiger partial charge is 0.508 e. The lowest BCUT2D eigenvalue weighted by atomic mass is 10.1. The molecule has 0 aromatic heterocycles. The molecular formula is C16H17NO3. The minimum Gasteiger partial charge on any atom is -0.508 e. The van der Waals surface area contributed by atoms with Gasteiger partial charge in [0.2, 0.25) is 0 Å². The van der Waals surface area contributed by atoms with Crippen LogP contribution in [0.15, 0.2) is 42.5 Å². The molecule has 0 aliphatic heterocycles. The van der Waals surface area contributed by atoms with Crippen molar-refractivity contribution < 1.29 is 15.0 Å². The van der Waals surface area contributed by atoms with Crippen molar-refractivity contribution in [3.8, 4) is 5.75 Å². The van der Waals surface area contributed by atoms with Gasteiger partial charge in [-0.3, -0.25) is 4.79 Å². The summed E-state index contributed by atoms with van der Waals surface area (Å²) >= 11 is 0. The monoisotopic (exact) mass is 271 g/mol. The van der Waals surface area contributed by atoms with E-state index in [1.54, 1.807) is 19.1 Å². The first-order valence-corrected chi connectivity index (χ1v) is 6.36. The Morgan fingerprint density at radius 1 is 1.10 bits per heavy atom. The van der Waals surface area contributed by atoms with Gasteiger partial charge in [0.1, 0.15) is 5.75 Å². The number of aryl methyl sites for hydroxylation is 1. The van der Waals surface area contributed by atoms with Gasteiger partial charge in [-0.15, -0.1) is 0 Å². The number of carbonyl (C=O) groups is 1. The van der Waals surface area contributed by atoms with Gasteiger partial charge in [0.25, 0.3) is 5.91 Å². The molecule has 2 aromatic rings. The Morgan fingerprint density at radius 2 is 1.75 bits per heavy atom. The molecule has 4 heteroatoms. The fraction of sp³-hybridized carbons (Fsp3) is 0.188.